The van der Waals surface area contributed by atoms with E-state index in [1.165, 1.54) is 231 Å². The zero-order chi connectivity index (χ0) is 50.7. The molecule has 0 heterocycles. The summed E-state index contributed by atoms with van der Waals surface area (Å²) < 4.78 is 5.47. The van der Waals surface area contributed by atoms with Crippen LogP contribution in [-0.4, -0.2) is 47.4 Å². The van der Waals surface area contributed by atoms with E-state index in [9.17, 15) is 19.8 Å². The van der Waals surface area contributed by atoms with Crippen LogP contribution in [0.15, 0.2) is 24.3 Å². The minimum absolute atomic E-state index is 0.0104. The molecule has 70 heavy (non-hydrogen) atoms. The number of amides is 1. The van der Waals surface area contributed by atoms with E-state index in [0.29, 0.717) is 25.9 Å². The molecule has 0 saturated carbocycles. The lowest BCUT2D eigenvalue weighted by Crippen LogP contribution is -2.45. The lowest BCUT2D eigenvalue weighted by atomic mass is 10.0. The van der Waals surface area contributed by atoms with E-state index in [1.807, 2.05) is 0 Å². The normalized spacial score (nSPS) is 12.7. The number of nitrogens with one attached hydrogen (secondary N) is 1. The van der Waals surface area contributed by atoms with E-state index in [0.717, 1.165) is 83.5 Å². The Balaban J connectivity index is 3.47. The molecule has 0 saturated heterocycles. The fourth-order valence-corrected chi connectivity index (χ4v) is 9.91. The highest BCUT2D eigenvalue weighted by atomic mass is 16.5. The van der Waals surface area contributed by atoms with Crippen molar-refractivity contribution < 1.29 is 24.5 Å². The second kappa shape index (κ2) is 59.9. The highest BCUT2D eigenvalue weighted by Crippen LogP contribution is 2.18. The molecule has 6 nitrogen and oxygen atoms in total. The van der Waals surface area contributed by atoms with Crippen molar-refractivity contribution in [3.05, 3.63) is 24.3 Å². The Labute approximate surface area is 437 Å². The van der Waals surface area contributed by atoms with Crippen molar-refractivity contribution >= 4 is 11.9 Å². The molecule has 6 heteroatoms. The summed E-state index contributed by atoms with van der Waals surface area (Å²) in [6.07, 6.45) is 73.3. The van der Waals surface area contributed by atoms with Crippen LogP contribution >= 0.6 is 0 Å². The van der Waals surface area contributed by atoms with E-state index < -0.39 is 12.1 Å². The Bertz CT molecular complexity index is 1090. The van der Waals surface area contributed by atoms with Crippen molar-refractivity contribution in [3.63, 3.8) is 0 Å². The van der Waals surface area contributed by atoms with Gasteiger partial charge in [-0.3, -0.25) is 9.59 Å². The molecule has 0 aromatic rings. The van der Waals surface area contributed by atoms with Crippen LogP contribution in [0.3, 0.4) is 0 Å². The molecule has 0 rings (SSSR count). The van der Waals surface area contributed by atoms with Gasteiger partial charge in [0.1, 0.15) is 0 Å². The monoisotopic (exact) mass is 986 g/mol. The molecule has 0 fully saturated rings. The van der Waals surface area contributed by atoms with Crippen LogP contribution in [0.25, 0.3) is 0 Å². The van der Waals surface area contributed by atoms with Gasteiger partial charge >= 0.3 is 5.97 Å². The lowest BCUT2D eigenvalue weighted by Gasteiger charge is -2.22. The van der Waals surface area contributed by atoms with E-state index in [-0.39, 0.29) is 18.5 Å². The summed E-state index contributed by atoms with van der Waals surface area (Å²) in [4.78, 5) is 24.6. The number of esters is 1. The molecule has 414 valence electrons. The average Bonchev–Trinajstić information content (AvgIpc) is 3.36. The van der Waals surface area contributed by atoms with Crippen LogP contribution in [0.1, 0.15) is 348 Å². The number of hydrogen-bond donors (Lipinski definition) is 3. The van der Waals surface area contributed by atoms with Crippen LogP contribution < -0.4 is 5.32 Å². The molecule has 1 amide bonds. The van der Waals surface area contributed by atoms with Gasteiger partial charge in [0.25, 0.3) is 0 Å². The number of rotatable bonds is 59. The number of hydrogen-bond acceptors (Lipinski definition) is 5. The third-order valence-corrected chi connectivity index (χ3v) is 14.8. The van der Waals surface area contributed by atoms with Gasteiger partial charge in [-0.05, 0) is 64.2 Å². The molecule has 2 unspecified atom stereocenters. The van der Waals surface area contributed by atoms with E-state index in [1.54, 1.807) is 0 Å². The summed E-state index contributed by atoms with van der Waals surface area (Å²) in [5, 5.41) is 23.3. The molecule has 0 aliphatic heterocycles. The van der Waals surface area contributed by atoms with Crippen molar-refractivity contribution in [2.24, 2.45) is 0 Å². The van der Waals surface area contributed by atoms with Gasteiger partial charge in [-0.25, -0.2) is 0 Å². The van der Waals surface area contributed by atoms with E-state index in [4.69, 9.17) is 4.74 Å². The van der Waals surface area contributed by atoms with Crippen LogP contribution in [0.5, 0.6) is 0 Å². The summed E-state index contributed by atoms with van der Waals surface area (Å²) in [6.45, 7) is 4.94. The van der Waals surface area contributed by atoms with Crippen LogP contribution in [-0.2, 0) is 14.3 Å². The van der Waals surface area contributed by atoms with Crippen molar-refractivity contribution in [2.45, 2.75) is 360 Å². The average molecular weight is 987 g/mol. The number of aliphatic hydroxyl groups is 2. The van der Waals surface area contributed by atoms with Gasteiger partial charge in [0.05, 0.1) is 25.4 Å². The summed E-state index contributed by atoms with van der Waals surface area (Å²) in [5.74, 6) is -0.0586. The molecule has 3 N–H and O–H groups in total. The van der Waals surface area contributed by atoms with Crippen molar-refractivity contribution in [1.82, 2.24) is 5.32 Å². The van der Waals surface area contributed by atoms with Gasteiger partial charge in [-0.15, -0.1) is 0 Å². The molecule has 2 atom stereocenters. The van der Waals surface area contributed by atoms with Gasteiger partial charge in [0, 0.05) is 12.8 Å². The van der Waals surface area contributed by atoms with E-state index >= 15 is 0 Å². The van der Waals surface area contributed by atoms with Gasteiger partial charge < -0.3 is 20.3 Å². The zero-order valence-electron chi connectivity index (χ0n) is 47.3. The molecule has 0 aromatic carbocycles. The molecular weight excluding hydrogens is 863 g/mol. The summed E-state index contributed by atoms with van der Waals surface area (Å²) >= 11 is 0. The largest absolute Gasteiger partial charge is 0.466 e. The van der Waals surface area contributed by atoms with Crippen molar-refractivity contribution in [1.29, 1.82) is 0 Å². The van der Waals surface area contributed by atoms with Crippen LogP contribution in [0, 0.1) is 0 Å². The number of ether oxygens (including phenoxy) is 1. The maximum atomic E-state index is 12.5. The van der Waals surface area contributed by atoms with Gasteiger partial charge in [-0.1, -0.05) is 295 Å². The Kier molecular flexibility index (Phi) is 58.5. The molecule has 0 bridgehead atoms. The Hall–Kier alpha value is -1.66. The minimum Gasteiger partial charge on any atom is -0.466 e. The molecule has 0 spiro atoms. The highest BCUT2D eigenvalue weighted by Gasteiger charge is 2.20. The molecule has 0 aliphatic rings. The standard InChI is InChI=1S/C64H123NO5/c1-3-5-7-9-11-13-15-17-19-21-24-28-32-36-40-44-48-52-56-62(67)61(60-66)65-63(68)57-53-49-45-41-37-33-29-25-23-27-31-35-39-43-47-51-55-59-70-64(69)58-54-50-46-42-38-34-30-26-22-20-18-16-14-12-10-8-6-4-2/h23,27,35,39,61-62,66-67H,3-22,24-26,28-34,36-38,40-60H2,1-2H3,(H,65,68)/b27-23-,39-35-. The number of carbonyl (C=O) groups excluding carboxylic acids is 2. The van der Waals surface area contributed by atoms with Crippen LogP contribution in [0.2, 0.25) is 0 Å². The van der Waals surface area contributed by atoms with Gasteiger partial charge in [0.15, 0.2) is 0 Å². The minimum atomic E-state index is -0.675. The zero-order valence-corrected chi connectivity index (χ0v) is 47.3. The Morgan fingerprint density at radius 1 is 0.400 bits per heavy atom. The maximum absolute atomic E-state index is 12.5. The topological polar surface area (TPSA) is 95.9 Å². The van der Waals surface area contributed by atoms with E-state index in [2.05, 4.69) is 43.5 Å². The Morgan fingerprint density at radius 2 is 0.714 bits per heavy atom. The first-order valence-electron chi connectivity index (χ1n) is 31.6. The summed E-state index contributed by atoms with van der Waals surface area (Å²) in [6, 6.07) is -0.554. The predicted molar refractivity (Wildman–Crippen MR) is 306 cm³/mol. The number of aliphatic hydroxyl groups excluding tert-OH is 2. The molecule has 0 aromatic heterocycles. The first-order valence-corrected chi connectivity index (χ1v) is 31.6. The lowest BCUT2D eigenvalue weighted by molar-refractivity contribution is -0.143. The summed E-state index contributed by atoms with van der Waals surface area (Å²) in [5.41, 5.74) is 0. The third-order valence-electron chi connectivity index (χ3n) is 14.8. The SMILES string of the molecule is CCCCCCCCCCCCCCCCCCCCC(=O)OCCCCC/C=C\C/C=C\CCCCCCCCCC(=O)NC(CO)C(O)CCCCCCCCCCCCCCCCCCCC. The second-order valence-corrected chi connectivity index (χ2v) is 21.7. The quantitative estimate of drug-likeness (QED) is 0.0321. The van der Waals surface area contributed by atoms with Gasteiger partial charge in [0.2, 0.25) is 5.91 Å². The molecule has 0 radical (unpaired) electrons. The molecule has 0 aliphatic carbocycles. The fourth-order valence-electron chi connectivity index (χ4n) is 9.91. The maximum Gasteiger partial charge on any atom is 0.305 e. The molecular formula is C64H123NO5. The Morgan fingerprint density at radius 3 is 1.09 bits per heavy atom. The smallest absolute Gasteiger partial charge is 0.305 e. The number of allylic oxidation sites excluding steroid dienone is 4. The number of carbonyl (C=O) groups is 2. The highest BCUT2D eigenvalue weighted by molar-refractivity contribution is 5.76. The van der Waals surface area contributed by atoms with Gasteiger partial charge in [-0.2, -0.15) is 0 Å². The first-order chi connectivity index (χ1) is 34.5. The first kappa shape index (κ1) is 68.3. The predicted octanol–water partition coefficient (Wildman–Crippen LogP) is 19.8. The van der Waals surface area contributed by atoms with Crippen molar-refractivity contribution in [2.75, 3.05) is 13.2 Å². The second-order valence-electron chi connectivity index (χ2n) is 21.7. The van der Waals surface area contributed by atoms with Crippen molar-refractivity contribution in [3.8, 4) is 0 Å². The summed E-state index contributed by atoms with van der Waals surface area (Å²) in [7, 11) is 0. The fraction of sp³-hybridized carbons (Fsp3) is 0.906. The third kappa shape index (κ3) is 55.7. The van der Waals surface area contributed by atoms with Crippen LogP contribution in [0.4, 0.5) is 0 Å². The number of unbranched alkanes of at least 4 members (excludes halogenated alkanes) is 44.